The number of methoxy groups -OCH3 is 1. The summed E-state index contributed by atoms with van der Waals surface area (Å²) in [6, 6.07) is 8.07. The number of benzene rings is 1. The third-order valence-electron chi connectivity index (χ3n) is 4.21. The number of ether oxygens (including phenoxy) is 1. The molecule has 0 radical (unpaired) electrons. The summed E-state index contributed by atoms with van der Waals surface area (Å²) in [5.74, 6) is -0.259. The molecule has 1 saturated heterocycles. The van der Waals surface area contributed by atoms with E-state index in [1.807, 2.05) is 4.90 Å². The summed E-state index contributed by atoms with van der Waals surface area (Å²) in [6.07, 6.45) is 0. The van der Waals surface area contributed by atoms with Crippen molar-refractivity contribution in [2.24, 2.45) is 0 Å². The maximum Gasteiger partial charge on any atom is 0.373 e. The molecule has 1 aromatic carbocycles. The van der Waals surface area contributed by atoms with Crippen LogP contribution in [-0.4, -0.2) is 56.9 Å². The monoisotopic (exact) mass is 382 g/mol. The van der Waals surface area contributed by atoms with E-state index in [1.54, 1.807) is 12.1 Å². The molecule has 0 bridgehead atoms. The standard InChI is InChI=1S/C17H19FN2O5S/c1-24-17(21)16-7-4-14(25-16)12-19-8-10-20(11-9-19)26(22,23)15-5-2-13(18)3-6-15/h2-7H,8-12H2,1H3. The van der Waals surface area contributed by atoms with Crippen molar-refractivity contribution >= 4 is 16.0 Å². The molecule has 26 heavy (non-hydrogen) atoms. The molecule has 1 fully saturated rings. The summed E-state index contributed by atoms with van der Waals surface area (Å²) < 4.78 is 49.6. The van der Waals surface area contributed by atoms with Crippen LogP contribution >= 0.6 is 0 Å². The Bertz CT molecular complexity index is 871. The minimum Gasteiger partial charge on any atom is -0.463 e. The van der Waals surface area contributed by atoms with Gasteiger partial charge in [-0.15, -0.1) is 0 Å². The van der Waals surface area contributed by atoms with Crippen molar-refractivity contribution in [2.75, 3.05) is 33.3 Å². The minimum absolute atomic E-state index is 0.0844. The molecule has 1 aromatic heterocycles. The molecule has 0 aliphatic carbocycles. The van der Waals surface area contributed by atoms with Gasteiger partial charge >= 0.3 is 5.97 Å². The number of rotatable bonds is 5. The fourth-order valence-electron chi connectivity index (χ4n) is 2.78. The van der Waals surface area contributed by atoms with Crippen LogP contribution in [0.5, 0.6) is 0 Å². The predicted octanol–water partition coefficient (Wildman–Crippen LogP) is 1.71. The van der Waals surface area contributed by atoms with E-state index >= 15 is 0 Å². The maximum absolute atomic E-state index is 13.0. The quantitative estimate of drug-likeness (QED) is 0.733. The van der Waals surface area contributed by atoms with Crippen molar-refractivity contribution in [3.05, 3.63) is 53.7 Å². The average Bonchev–Trinajstić information content (AvgIpc) is 3.10. The van der Waals surface area contributed by atoms with Crippen LogP contribution in [0.2, 0.25) is 0 Å². The van der Waals surface area contributed by atoms with Crippen molar-refractivity contribution in [1.82, 2.24) is 9.21 Å². The van der Waals surface area contributed by atoms with E-state index in [2.05, 4.69) is 4.74 Å². The Kier molecular flexibility index (Phi) is 5.40. The Hall–Kier alpha value is -2.23. The van der Waals surface area contributed by atoms with Crippen LogP contribution in [0.3, 0.4) is 0 Å². The first kappa shape index (κ1) is 18.6. The van der Waals surface area contributed by atoms with E-state index in [0.29, 0.717) is 38.5 Å². The Morgan fingerprint density at radius 3 is 2.38 bits per heavy atom. The molecule has 0 unspecified atom stereocenters. The lowest BCUT2D eigenvalue weighted by molar-refractivity contribution is 0.0560. The van der Waals surface area contributed by atoms with E-state index in [0.717, 1.165) is 12.1 Å². The largest absolute Gasteiger partial charge is 0.463 e. The van der Waals surface area contributed by atoms with Gasteiger partial charge in [0.2, 0.25) is 15.8 Å². The highest BCUT2D eigenvalue weighted by Gasteiger charge is 2.28. The molecule has 0 atom stereocenters. The molecule has 0 saturated carbocycles. The van der Waals surface area contributed by atoms with Gasteiger partial charge in [0.1, 0.15) is 11.6 Å². The van der Waals surface area contributed by atoms with Crippen molar-refractivity contribution in [3.63, 3.8) is 0 Å². The molecule has 3 rings (SSSR count). The molecule has 140 valence electrons. The normalized spacial score (nSPS) is 16.5. The van der Waals surface area contributed by atoms with Crippen LogP contribution < -0.4 is 0 Å². The molecule has 0 spiro atoms. The van der Waals surface area contributed by atoms with Gasteiger partial charge in [0.05, 0.1) is 18.6 Å². The predicted molar refractivity (Wildman–Crippen MR) is 90.5 cm³/mol. The second-order valence-corrected chi connectivity index (χ2v) is 7.83. The van der Waals surface area contributed by atoms with E-state index in [1.165, 1.54) is 23.5 Å². The number of halogens is 1. The molecule has 2 heterocycles. The number of hydrogen-bond acceptors (Lipinski definition) is 6. The number of piperazine rings is 1. The van der Waals surface area contributed by atoms with Gasteiger partial charge in [-0.1, -0.05) is 0 Å². The zero-order chi connectivity index (χ0) is 18.7. The highest BCUT2D eigenvalue weighted by Crippen LogP contribution is 2.19. The van der Waals surface area contributed by atoms with Gasteiger partial charge in [-0.25, -0.2) is 17.6 Å². The zero-order valence-electron chi connectivity index (χ0n) is 14.2. The Morgan fingerprint density at radius 2 is 1.77 bits per heavy atom. The fourth-order valence-corrected chi connectivity index (χ4v) is 4.20. The lowest BCUT2D eigenvalue weighted by Gasteiger charge is -2.33. The van der Waals surface area contributed by atoms with E-state index in [-0.39, 0.29) is 10.7 Å². The zero-order valence-corrected chi connectivity index (χ0v) is 15.0. The first-order chi connectivity index (χ1) is 12.4. The molecule has 1 aliphatic heterocycles. The fraction of sp³-hybridized carbons (Fsp3) is 0.353. The van der Waals surface area contributed by atoms with Gasteiger partial charge in [0, 0.05) is 26.2 Å². The molecule has 0 amide bonds. The van der Waals surface area contributed by atoms with Gasteiger partial charge in [-0.2, -0.15) is 4.31 Å². The molecule has 0 N–H and O–H groups in total. The molecular weight excluding hydrogens is 363 g/mol. The van der Waals surface area contributed by atoms with Crippen LogP contribution in [0.4, 0.5) is 4.39 Å². The Balaban J connectivity index is 1.59. The van der Waals surface area contributed by atoms with Gasteiger partial charge in [0.25, 0.3) is 0 Å². The summed E-state index contributed by atoms with van der Waals surface area (Å²) in [6.45, 7) is 2.17. The van der Waals surface area contributed by atoms with E-state index in [4.69, 9.17) is 4.42 Å². The highest BCUT2D eigenvalue weighted by molar-refractivity contribution is 7.89. The molecule has 9 heteroatoms. The number of hydrogen-bond donors (Lipinski definition) is 0. The summed E-state index contributed by atoms with van der Waals surface area (Å²) in [5, 5.41) is 0. The smallest absolute Gasteiger partial charge is 0.373 e. The molecule has 1 aliphatic rings. The van der Waals surface area contributed by atoms with Crippen LogP contribution in [0, 0.1) is 5.82 Å². The van der Waals surface area contributed by atoms with Gasteiger partial charge in [-0.05, 0) is 36.4 Å². The van der Waals surface area contributed by atoms with Crippen molar-refractivity contribution in [1.29, 1.82) is 0 Å². The number of esters is 1. The topological polar surface area (TPSA) is 80.1 Å². The summed E-state index contributed by atoms with van der Waals surface area (Å²) in [4.78, 5) is 13.5. The third kappa shape index (κ3) is 3.95. The molecular formula is C17H19FN2O5S. The number of furan rings is 1. The lowest BCUT2D eigenvalue weighted by atomic mass is 10.3. The second-order valence-electron chi connectivity index (χ2n) is 5.89. The lowest BCUT2D eigenvalue weighted by Crippen LogP contribution is -2.48. The maximum atomic E-state index is 13.0. The summed E-state index contributed by atoms with van der Waals surface area (Å²) in [5.41, 5.74) is 0. The van der Waals surface area contributed by atoms with Crippen LogP contribution in [-0.2, 0) is 21.3 Å². The number of sulfonamides is 1. The molecule has 7 nitrogen and oxygen atoms in total. The van der Waals surface area contributed by atoms with Crippen molar-refractivity contribution in [2.45, 2.75) is 11.4 Å². The van der Waals surface area contributed by atoms with Crippen LogP contribution in [0.1, 0.15) is 16.3 Å². The van der Waals surface area contributed by atoms with Gasteiger partial charge in [-0.3, -0.25) is 4.90 Å². The summed E-state index contributed by atoms with van der Waals surface area (Å²) in [7, 11) is -2.35. The molecule has 2 aromatic rings. The average molecular weight is 382 g/mol. The Morgan fingerprint density at radius 1 is 1.12 bits per heavy atom. The number of carbonyl (C=O) groups is 1. The van der Waals surface area contributed by atoms with Crippen molar-refractivity contribution < 1.29 is 26.8 Å². The second kappa shape index (κ2) is 7.56. The summed E-state index contributed by atoms with van der Waals surface area (Å²) >= 11 is 0. The first-order valence-corrected chi connectivity index (χ1v) is 9.49. The number of nitrogens with zero attached hydrogens (tertiary/aromatic N) is 2. The van der Waals surface area contributed by atoms with Crippen LogP contribution in [0.15, 0.2) is 45.7 Å². The van der Waals surface area contributed by atoms with Crippen molar-refractivity contribution in [3.8, 4) is 0 Å². The van der Waals surface area contributed by atoms with E-state index in [9.17, 15) is 17.6 Å². The van der Waals surface area contributed by atoms with E-state index < -0.39 is 21.8 Å². The van der Waals surface area contributed by atoms with Gasteiger partial charge < -0.3 is 9.15 Å². The third-order valence-corrected chi connectivity index (χ3v) is 6.12. The number of carbonyl (C=O) groups excluding carboxylic acids is 1. The highest BCUT2D eigenvalue weighted by atomic mass is 32.2. The van der Waals surface area contributed by atoms with Gasteiger partial charge in [0.15, 0.2) is 0 Å². The SMILES string of the molecule is COC(=O)c1ccc(CN2CCN(S(=O)(=O)c3ccc(F)cc3)CC2)o1. The Labute approximate surface area is 151 Å². The van der Waals surface area contributed by atoms with Crippen LogP contribution in [0.25, 0.3) is 0 Å². The first-order valence-electron chi connectivity index (χ1n) is 8.05. The minimum atomic E-state index is -3.63.